The molecule has 1 heterocycles. The third-order valence-electron chi connectivity index (χ3n) is 3.65. The van der Waals surface area contributed by atoms with E-state index in [1.165, 1.54) is 25.8 Å². The van der Waals surface area contributed by atoms with Crippen LogP contribution in [0.25, 0.3) is 0 Å². The van der Waals surface area contributed by atoms with Crippen molar-refractivity contribution in [1.82, 2.24) is 4.90 Å². The van der Waals surface area contributed by atoms with Gasteiger partial charge in [0.1, 0.15) is 0 Å². The van der Waals surface area contributed by atoms with Crippen molar-refractivity contribution in [3.8, 4) is 0 Å². The summed E-state index contributed by atoms with van der Waals surface area (Å²) in [6.07, 6.45) is 4.01. The Balaban J connectivity index is 2.62. The van der Waals surface area contributed by atoms with Gasteiger partial charge >= 0.3 is 0 Å². The lowest BCUT2D eigenvalue weighted by Gasteiger charge is -2.44. The molecule has 0 N–H and O–H groups in total. The van der Waals surface area contributed by atoms with Gasteiger partial charge in [0.2, 0.25) is 0 Å². The highest BCUT2D eigenvalue weighted by Gasteiger charge is 2.30. The second kappa shape index (κ2) is 5.47. The fourth-order valence-electron chi connectivity index (χ4n) is 2.48. The van der Waals surface area contributed by atoms with Crippen LogP contribution in [-0.4, -0.2) is 29.2 Å². The molecule has 1 rings (SSSR count). The molecule has 1 fully saturated rings. The molecule has 0 aliphatic carbocycles. The van der Waals surface area contributed by atoms with Gasteiger partial charge < -0.3 is 0 Å². The standard InChI is InChI=1S/C12H26NP/c1-5-10(4)13-7-6-11(14)8-12(13)9(2)3/h9-12H,5-8,14H2,1-4H3/t10?,11-,12+/m0/s1. The first-order chi connectivity index (χ1) is 6.56. The van der Waals surface area contributed by atoms with E-state index >= 15 is 0 Å². The highest BCUT2D eigenvalue weighted by Crippen LogP contribution is 2.29. The molecule has 1 aliphatic rings. The van der Waals surface area contributed by atoms with Crippen LogP contribution in [-0.2, 0) is 0 Å². The summed E-state index contributed by atoms with van der Waals surface area (Å²) in [6, 6.07) is 1.57. The van der Waals surface area contributed by atoms with Crippen LogP contribution in [0.3, 0.4) is 0 Å². The SMILES string of the molecule is CCC(C)N1CC[C@H](P)C[C@@H]1C(C)C. The molecular weight excluding hydrogens is 189 g/mol. The molecule has 1 aliphatic heterocycles. The van der Waals surface area contributed by atoms with Crippen LogP contribution >= 0.6 is 9.24 Å². The van der Waals surface area contributed by atoms with Gasteiger partial charge in [-0.2, -0.15) is 0 Å². The largest absolute Gasteiger partial charge is 0.297 e. The zero-order valence-electron chi connectivity index (χ0n) is 10.2. The van der Waals surface area contributed by atoms with Gasteiger partial charge in [0.15, 0.2) is 0 Å². The van der Waals surface area contributed by atoms with Crippen molar-refractivity contribution in [2.24, 2.45) is 5.92 Å². The van der Waals surface area contributed by atoms with Crippen molar-refractivity contribution in [3.05, 3.63) is 0 Å². The molecule has 0 aromatic carbocycles. The van der Waals surface area contributed by atoms with Crippen LogP contribution in [0.1, 0.15) is 47.0 Å². The van der Waals surface area contributed by atoms with E-state index in [1.54, 1.807) is 0 Å². The minimum atomic E-state index is 0.764. The maximum absolute atomic E-state index is 3.01. The molecule has 2 unspecified atom stereocenters. The molecule has 0 saturated carbocycles. The molecule has 14 heavy (non-hydrogen) atoms. The summed E-state index contributed by atoms with van der Waals surface area (Å²) in [5.41, 5.74) is 0.850. The lowest BCUT2D eigenvalue weighted by atomic mass is 9.90. The van der Waals surface area contributed by atoms with Crippen molar-refractivity contribution in [2.45, 2.75) is 64.7 Å². The number of likely N-dealkylation sites (tertiary alicyclic amines) is 1. The van der Waals surface area contributed by atoms with E-state index in [9.17, 15) is 0 Å². The summed E-state index contributed by atoms with van der Waals surface area (Å²) in [7, 11) is 3.01. The van der Waals surface area contributed by atoms with E-state index in [1.807, 2.05) is 0 Å². The van der Waals surface area contributed by atoms with Crippen LogP contribution in [0.4, 0.5) is 0 Å². The Morgan fingerprint density at radius 2 is 2.00 bits per heavy atom. The zero-order valence-corrected chi connectivity index (χ0v) is 11.3. The number of nitrogens with zero attached hydrogens (tertiary/aromatic N) is 1. The summed E-state index contributed by atoms with van der Waals surface area (Å²) in [5, 5.41) is 0. The number of hydrogen-bond acceptors (Lipinski definition) is 1. The number of hydrogen-bond donors (Lipinski definition) is 0. The predicted molar refractivity (Wildman–Crippen MR) is 67.8 cm³/mol. The van der Waals surface area contributed by atoms with Gasteiger partial charge in [-0.25, -0.2) is 0 Å². The summed E-state index contributed by atoms with van der Waals surface area (Å²) in [4.78, 5) is 2.73. The Morgan fingerprint density at radius 1 is 1.36 bits per heavy atom. The van der Waals surface area contributed by atoms with Crippen molar-refractivity contribution >= 4 is 9.24 Å². The van der Waals surface area contributed by atoms with Crippen molar-refractivity contribution in [1.29, 1.82) is 0 Å². The van der Waals surface area contributed by atoms with Crippen molar-refractivity contribution in [2.75, 3.05) is 6.54 Å². The van der Waals surface area contributed by atoms with Gasteiger partial charge in [0.25, 0.3) is 0 Å². The molecule has 1 nitrogen and oxygen atoms in total. The molecule has 0 bridgehead atoms. The van der Waals surface area contributed by atoms with Gasteiger partial charge in [-0.1, -0.05) is 20.8 Å². The fraction of sp³-hybridized carbons (Fsp3) is 1.00. The molecule has 84 valence electrons. The van der Waals surface area contributed by atoms with Crippen LogP contribution < -0.4 is 0 Å². The topological polar surface area (TPSA) is 3.24 Å². The Kier molecular flexibility index (Phi) is 4.87. The van der Waals surface area contributed by atoms with Crippen molar-refractivity contribution in [3.63, 3.8) is 0 Å². The van der Waals surface area contributed by atoms with Gasteiger partial charge in [-0.05, 0) is 44.3 Å². The van der Waals surface area contributed by atoms with Crippen LogP contribution in [0.2, 0.25) is 0 Å². The summed E-state index contributed by atoms with van der Waals surface area (Å²) < 4.78 is 0. The first-order valence-corrected chi connectivity index (χ1v) is 6.74. The van der Waals surface area contributed by atoms with Crippen molar-refractivity contribution < 1.29 is 0 Å². The Morgan fingerprint density at radius 3 is 2.50 bits per heavy atom. The third-order valence-corrected chi connectivity index (χ3v) is 4.26. The third kappa shape index (κ3) is 2.94. The Labute approximate surface area is 91.8 Å². The quantitative estimate of drug-likeness (QED) is 0.654. The molecule has 0 aromatic rings. The highest BCUT2D eigenvalue weighted by molar-refractivity contribution is 7.17. The summed E-state index contributed by atoms with van der Waals surface area (Å²) in [6.45, 7) is 10.7. The zero-order chi connectivity index (χ0) is 10.7. The Hall–Kier alpha value is 0.390. The van der Waals surface area contributed by atoms with E-state index in [-0.39, 0.29) is 0 Å². The van der Waals surface area contributed by atoms with Gasteiger partial charge in [0.05, 0.1) is 0 Å². The van der Waals surface area contributed by atoms with E-state index in [0.717, 1.165) is 23.7 Å². The maximum Gasteiger partial charge on any atom is 0.0127 e. The minimum absolute atomic E-state index is 0.764. The second-order valence-corrected chi connectivity index (χ2v) is 6.03. The molecule has 4 atom stereocenters. The fourth-order valence-corrected chi connectivity index (χ4v) is 2.91. The van der Waals surface area contributed by atoms with E-state index in [0.29, 0.717) is 0 Å². The normalized spacial score (nSPS) is 32.1. The van der Waals surface area contributed by atoms with E-state index in [4.69, 9.17) is 0 Å². The molecule has 0 aromatic heterocycles. The average Bonchev–Trinajstić information content (AvgIpc) is 2.16. The van der Waals surface area contributed by atoms with Gasteiger partial charge in [-0.3, -0.25) is 4.90 Å². The number of piperidine rings is 1. The molecule has 0 amide bonds. The van der Waals surface area contributed by atoms with Gasteiger partial charge in [0, 0.05) is 12.1 Å². The van der Waals surface area contributed by atoms with Crippen LogP contribution in [0, 0.1) is 5.92 Å². The lowest BCUT2D eigenvalue weighted by molar-refractivity contribution is 0.0741. The average molecular weight is 215 g/mol. The monoisotopic (exact) mass is 215 g/mol. The summed E-state index contributed by atoms with van der Waals surface area (Å²) in [5.74, 6) is 0.798. The highest BCUT2D eigenvalue weighted by atomic mass is 31.0. The summed E-state index contributed by atoms with van der Waals surface area (Å²) >= 11 is 0. The molecule has 1 saturated heterocycles. The predicted octanol–water partition coefficient (Wildman–Crippen LogP) is 3.15. The Bertz CT molecular complexity index is 170. The van der Waals surface area contributed by atoms with E-state index < -0.39 is 0 Å². The molecule has 2 heteroatoms. The molecule has 0 spiro atoms. The second-order valence-electron chi connectivity index (χ2n) is 5.09. The smallest absolute Gasteiger partial charge is 0.0127 e. The first kappa shape index (κ1) is 12.5. The minimum Gasteiger partial charge on any atom is -0.297 e. The van der Waals surface area contributed by atoms with Crippen LogP contribution in [0.5, 0.6) is 0 Å². The first-order valence-electron chi connectivity index (χ1n) is 6.07. The van der Waals surface area contributed by atoms with Crippen LogP contribution in [0.15, 0.2) is 0 Å². The lowest BCUT2D eigenvalue weighted by Crippen LogP contribution is -2.49. The molecule has 0 radical (unpaired) electrons. The number of rotatable bonds is 3. The maximum atomic E-state index is 3.01. The van der Waals surface area contributed by atoms with Gasteiger partial charge in [-0.15, -0.1) is 9.24 Å². The molecular formula is C12H26NP. The van der Waals surface area contributed by atoms with E-state index in [2.05, 4.69) is 41.8 Å².